The van der Waals surface area contributed by atoms with Gasteiger partial charge in [0.25, 0.3) is 0 Å². The van der Waals surface area contributed by atoms with Crippen LogP contribution in [0.4, 0.5) is 17.1 Å². The Bertz CT molecular complexity index is 3000. The van der Waals surface area contributed by atoms with Crippen molar-refractivity contribution in [3.05, 3.63) is 207 Å². The highest BCUT2D eigenvalue weighted by molar-refractivity contribution is 5.90. The molecular weight excluding hydrogens is 915 g/mol. The van der Waals surface area contributed by atoms with Gasteiger partial charge in [-0.05, 0) is 200 Å². The Labute approximate surface area is 459 Å². The third-order valence-electron chi connectivity index (χ3n) is 19.7. The van der Waals surface area contributed by atoms with Crippen LogP contribution in [0.2, 0.25) is 0 Å². The van der Waals surface area contributed by atoms with Crippen LogP contribution in [0.15, 0.2) is 152 Å². The van der Waals surface area contributed by atoms with Gasteiger partial charge >= 0.3 is 0 Å². The minimum atomic E-state index is -0.524. The molecule has 5 aliphatic carbocycles. The second-order valence-corrected chi connectivity index (χ2v) is 26.6. The molecule has 0 bridgehead atoms. The maximum atomic E-state index is 2.77. The zero-order valence-electron chi connectivity index (χ0n) is 47.3. The molecule has 5 aliphatic rings. The Kier molecular flexibility index (Phi) is 14.3. The van der Waals surface area contributed by atoms with Gasteiger partial charge in [0.1, 0.15) is 0 Å². The van der Waals surface area contributed by atoms with Gasteiger partial charge < -0.3 is 4.90 Å². The maximum Gasteiger partial charge on any atom is 0.0714 e. The van der Waals surface area contributed by atoms with Crippen LogP contribution in [0, 0.1) is 0 Å². The van der Waals surface area contributed by atoms with Gasteiger partial charge in [-0.15, -0.1) is 0 Å². The van der Waals surface area contributed by atoms with Crippen molar-refractivity contribution >= 4 is 17.1 Å². The molecule has 12 rings (SSSR count). The zero-order chi connectivity index (χ0) is 52.0. The Morgan fingerprint density at radius 1 is 0.355 bits per heavy atom. The van der Waals surface area contributed by atoms with E-state index in [4.69, 9.17) is 0 Å². The Hall–Kier alpha value is -5.66. The molecule has 0 aromatic heterocycles. The number of hydrogen-bond donors (Lipinski definition) is 0. The van der Waals surface area contributed by atoms with E-state index in [1.807, 2.05) is 0 Å². The largest absolute Gasteiger partial charge is 0.310 e. The minimum absolute atomic E-state index is 0.0502. The van der Waals surface area contributed by atoms with Gasteiger partial charge in [0.15, 0.2) is 0 Å². The van der Waals surface area contributed by atoms with Crippen LogP contribution in [-0.4, -0.2) is 0 Å². The molecule has 76 heavy (non-hydrogen) atoms. The lowest BCUT2D eigenvalue weighted by Gasteiger charge is -2.36. The number of nitrogens with zero attached hydrogens (tertiary/aromatic N) is 1. The third-order valence-corrected chi connectivity index (χ3v) is 19.7. The molecule has 0 amide bonds. The van der Waals surface area contributed by atoms with Crippen LogP contribution in [-0.2, 0) is 16.2 Å². The molecule has 0 saturated heterocycles. The topological polar surface area (TPSA) is 3.24 Å². The maximum absolute atomic E-state index is 2.77. The molecular formula is C75H87N. The van der Waals surface area contributed by atoms with Crippen molar-refractivity contribution in [1.29, 1.82) is 0 Å². The van der Waals surface area contributed by atoms with Gasteiger partial charge in [-0.2, -0.15) is 0 Å². The summed E-state index contributed by atoms with van der Waals surface area (Å²) in [6.45, 7) is 14.0. The predicted molar refractivity (Wildman–Crippen MR) is 325 cm³/mol. The monoisotopic (exact) mass is 1000 g/mol. The van der Waals surface area contributed by atoms with Crippen molar-refractivity contribution < 1.29 is 0 Å². The van der Waals surface area contributed by atoms with Gasteiger partial charge in [0, 0.05) is 17.1 Å². The first-order chi connectivity index (χ1) is 36.9. The molecule has 4 saturated carbocycles. The zero-order valence-corrected chi connectivity index (χ0v) is 47.3. The highest BCUT2D eigenvalue weighted by Crippen LogP contribution is 2.58. The number of fused-ring (bicyclic) bond motifs is 3. The van der Waals surface area contributed by atoms with E-state index in [0.29, 0.717) is 17.8 Å². The first kappa shape index (κ1) is 51.1. The fourth-order valence-corrected chi connectivity index (χ4v) is 15.4. The summed E-state index contributed by atoms with van der Waals surface area (Å²) in [5.74, 6) is 2.68. The van der Waals surface area contributed by atoms with E-state index in [2.05, 4.69) is 198 Å². The van der Waals surface area contributed by atoms with Crippen LogP contribution in [0.25, 0.3) is 22.3 Å². The molecule has 7 aromatic rings. The molecule has 0 radical (unpaired) electrons. The highest BCUT2D eigenvalue weighted by atomic mass is 15.1. The van der Waals surface area contributed by atoms with Crippen LogP contribution in [0.3, 0.4) is 0 Å². The summed E-state index contributed by atoms with van der Waals surface area (Å²) < 4.78 is 0. The van der Waals surface area contributed by atoms with Crippen molar-refractivity contribution in [3.63, 3.8) is 0 Å². The van der Waals surface area contributed by atoms with Gasteiger partial charge in [0.2, 0.25) is 0 Å². The van der Waals surface area contributed by atoms with E-state index in [9.17, 15) is 0 Å². The lowest BCUT2D eigenvalue weighted by molar-refractivity contribution is 0.428. The Morgan fingerprint density at radius 3 is 1.24 bits per heavy atom. The lowest BCUT2D eigenvalue weighted by atomic mass is 9.67. The summed E-state index contributed by atoms with van der Waals surface area (Å²) >= 11 is 0. The van der Waals surface area contributed by atoms with Gasteiger partial charge in [-0.1, -0.05) is 234 Å². The summed E-state index contributed by atoms with van der Waals surface area (Å²) in [6.07, 6.45) is 27.1. The van der Waals surface area contributed by atoms with Crippen LogP contribution in [0.1, 0.15) is 249 Å². The SMILES string of the molecule is CC(C)(C)c1ccc(C2(c3ccc(C(C)(C)C)cc3)c3ccccc3-c3ccc(N(c4ccc(-c5c(C6CCCCC6)cc(C6CCCCC6)cc5C5CCCCC5)cc4)c4ccc(C5CCCCC5)cc4)cc32)cc1. The number of anilines is 3. The number of rotatable bonds is 10. The van der Waals surface area contributed by atoms with Crippen molar-refractivity contribution in [3.8, 4) is 22.3 Å². The van der Waals surface area contributed by atoms with Crippen LogP contribution >= 0.6 is 0 Å². The first-order valence-electron chi connectivity index (χ1n) is 30.6. The fraction of sp³-hybridized carbons (Fsp3) is 0.440. The van der Waals surface area contributed by atoms with E-state index in [-0.39, 0.29) is 10.8 Å². The van der Waals surface area contributed by atoms with E-state index < -0.39 is 5.41 Å². The van der Waals surface area contributed by atoms with Crippen LogP contribution < -0.4 is 4.90 Å². The number of hydrogen-bond acceptors (Lipinski definition) is 1. The molecule has 1 nitrogen and oxygen atoms in total. The Morgan fingerprint density at radius 2 is 0.763 bits per heavy atom. The summed E-state index contributed by atoms with van der Waals surface area (Å²) in [4.78, 5) is 2.59. The molecule has 0 atom stereocenters. The molecule has 0 unspecified atom stereocenters. The molecule has 0 heterocycles. The van der Waals surface area contributed by atoms with E-state index in [1.165, 1.54) is 201 Å². The van der Waals surface area contributed by atoms with Crippen molar-refractivity contribution in [2.45, 2.75) is 210 Å². The second kappa shape index (κ2) is 21.3. The van der Waals surface area contributed by atoms with Crippen molar-refractivity contribution in [2.24, 2.45) is 0 Å². The predicted octanol–water partition coefficient (Wildman–Crippen LogP) is 22.0. The van der Waals surface area contributed by atoms with E-state index >= 15 is 0 Å². The molecule has 0 spiro atoms. The Balaban J connectivity index is 1.03. The van der Waals surface area contributed by atoms with Gasteiger partial charge in [-0.3, -0.25) is 0 Å². The van der Waals surface area contributed by atoms with Crippen molar-refractivity contribution in [1.82, 2.24) is 0 Å². The van der Waals surface area contributed by atoms with Gasteiger partial charge in [-0.25, -0.2) is 0 Å². The standard InChI is InChI=1S/C75H87N/c1-73(2,3)59-35-39-61(40-36-59)75(62-41-37-60(38-42-62)74(4,5)6)70-30-20-19-29-66(70)67-48-47-65(51-71(67)75)76(63-43-31-54(32-44-63)52-21-11-7-12-22-52)64-45-33-57(34-46-64)72-68(55-25-15-9-16-26-55)49-58(53-23-13-8-14-24-53)50-69(72)56-27-17-10-18-28-56/h19-20,29-53,55-56H,7-18,21-28H2,1-6H3. The van der Waals surface area contributed by atoms with Crippen molar-refractivity contribution in [2.75, 3.05) is 4.90 Å². The molecule has 7 aromatic carbocycles. The summed E-state index contributed by atoms with van der Waals surface area (Å²) in [6, 6.07) is 61.5. The number of benzene rings is 7. The molecule has 392 valence electrons. The smallest absolute Gasteiger partial charge is 0.0714 e. The first-order valence-corrected chi connectivity index (χ1v) is 30.6. The normalized spacial score (nSPS) is 18.8. The fourth-order valence-electron chi connectivity index (χ4n) is 15.4. The van der Waals surface area contributed by atoms with E-state index in [0.717, 1.165) is 5.92 Å². The third kappa shape index (κ3) is 9.74. The molecule has 4 fully saturated rings. The molecule has 1 heteroatoms. The lowest BCUT2D eigenvalue weighted by Crippen LogP contribution is -2.29. The highest BCUT2D eigenvalue weighted by Gasteiger charge is 2.47. The van der Waals surface area contributed by atoms with E-state index in [1.54, 1.807) is 22.3 Å². The van der Waals surface area contributed by atoms with Crippen LogP contribution in [0.5, 0.6) is 0 Å². The second-order valence-electron chi connectivity index (χ2n) is 26.6. The molecule has 0 N–H and O–H groups in total. The molecule has 0 aliphatic heterocycles. The summed E-state index contributed by atoms with van der Waals surface area (Å²) in [5, 5.41) is 0. The average Bonchev–Trinajstić information content (AvgIpc) is 3.81. The minimum Gasteiger partial charge on any atom is -0.310 e. The summed E-state index contributed by atoms with van der Waals surface area (Å²) in [5.41, 5.74) is 23.5. The average molecular weight is 1000 g/mol. The van der Waals surface area contributed by atoms with Gasteiger partial charge in [0.05, 0.1) is 5.41 Å². The summed E-state index contributed by atoms with van der Waals surface area (Å²) in [7, 11) is 0. The quantitative estimate of drug-likeness (QED) is 0.132.